The summed E-state index contributed by atoms with van der Waals surface area (Å²) in [6.07, 6.45) is -1.03. The second-order valence-electron chi connectivity index (χ2n) is 4.73. The van der Waals surface area contributed by atoms with Gasteiger partial charge in [0, 0.05) is 17.3 Å². The van der Waals surface area contributed by atoms with Gasteiger partial charge in [-0.1, -0.05) is 28.1 Å². The van der Waals surface area contributed by atoms with Crippen molar-refractivity contribution >= 4 is 45.6 Å². The summed E-state index contributed by atoms with van der Waals surface area (Å²) in [6, 6.07) is 7.16. The van der Waals surface area contributed by atoms with Crippen molar-refractivity contribution < 1.29 is 19.1 Å². The number of carbonyl (C=O) groups is 3. The monoisotopic (exact) mass is 402 g/mol. The van der Waals surface area contributed by atoms with Gasteiger partial charge in [-0.05, 0) is 31.5 Å². The first-order valence-corrected chi connectivity index (χ1v) is 8.76. The number of amides is 3. The Bertz CT molecular complexity index is 565. The van der Waals surface area contributed by atoms with Crippen LogP contribution in [-0.2, 0) is 20.1 Å². The van der Waals surface area contributed by atoms with Crippen LogP contribution in [0.4, 0.5) is 4.79 Å². The van der Waals surface area contributed by atoms with E-state index in [9.17, 15) is 14.4 Å². The van der Waals surface area contributed by atoms with Crippen molar-refractivity contribution in [1.82, 2.24) is 10.6 Å². The molecule has 0 heterocycles. The Balaban J connectivity index is 2.42. The third kappa shape index (κ3) is 7.04. The molecule has 126 valence electrons. The van der Waals surface area contributed by atoms with Gasteiger partial charge in [-0.3, -0.25) is 14.9 Å². The van der Waals surface area contributed by atoms with Gasteiger partial charge in [0.2, 0.25) is 0 Å². The number of urea groups is 1. The number of rotatable bonds is 6. The molecule has 8 heteroatoms. The Hall–Kier alpha value is -1.54. The Kier molecular flexibility index (Phi) is 8.11. The lowest BCUT2D eigenvalue weighted by molar-refractivity contribution is -0.153. The van der Waals surface area contributed by atoms with E-state index in [-0.39, 0.29) is 0 Å². The lowest BCUT2D eigenvalue weighted by atomic mass is 10.2. The molecular formula is C15H19BrN2O4S. The maximum atomic E-state index is 12.0. The molecule has 0 aliphatic heterocycles. The van der Waals surface area contributed by atoms with Crippen molar-refractivity contribution in [2.45, 2.75) is 31.0 Å². The third-order valence-corrected chi connectivity index (χ3v) is 4.59. The maximum Gasteiger partial charge on any atom is 0.321 e. The smallest absolute Gasteiger partial charge is 0.321 e. The largest absolute Gasteiger partial charge is 0.452 e. The van der Waals surface area contributed by atoms with E-state index in [1.165, 1.54) is 25.7 Å². The van der Waals surface area contributed by atoms with E-state index in [4.69, 9.17) is 4.74 Å². The molecular weight excluding hydrogens is 384 g/mol. The lowest BCUT2D eigenvalue weighted by Crippen LogP contribution is -2.44. The molecule has 1 aromatic rings. The van der Waals surface area contributed by atoms with Crippen LogP contribution in [-0.4, -0.2) is 36.3 Å². The normalized spacial score (nSPS) is 12.9. The topological polar surface area (TPSA) is 84.5 Å². The average molecular weight is 403 g/mol. The molecule has 0 aliphatic rings. The second-order valence-corrected chi connectivity index (χ2v) is 6.97. The zero-order valence-corrected chi connectivity index (χ0v) is 15.5. The molecule has 6 nitrogen and oxygen atoms in total. The number of esters is 1. The highest BCUT2D eigenvalue weighted by molar-refractivity contribution is 9.10. The van der Waals surface area contributed by atoms with Gasteiger partial charge in [-0.25, -0.2) is 4.79 Å². The molecule has 2 N–H and O–H groups in total. The van der Waals surface area contributed by atoms with E-state index >= 15 is 0 Å². The minimum absolute atomic E-state index is 0.422. The number of benzene rings is 1. The van der Waals surface area contributed by atoms with Crippen LogP contribution >= 0.6 is 27.7 Å². The molecule has 0 fully saturated rings. The van der Waals surface area contributed by atoms with Crippen LogP contribution in [0, 0.1) is 0 Å². The molecule has 1 rings (SSSR count). The van der Waals surface area contributed by atoms with Crippen LogP contribution in [0.1, 0.15) is 19.4 Å². The van der Waals surface area contributed by atoms with E-state index in [0.717, 1.165) is 10.0 Å². The number of carbonyl (C=O) groups excluding carboxylic acids is 3. The molecule has 0 saturated carbocycles. The quantitative estimate of drug-likeness (QED) is 0.713. The Morgan fingerprint density at radius 3 is 2.39 bits per heavy atom. The summed E-state index contributed by atoms with van der Waals surface area (Å²) < 4.78 is 6.06. The Morgan fingerprint density at radius 1 is 1.22 bits per heavy atom. The average Bonchev–Trinajstić information content (AvgIpc) is 2.53. The number of nitrogens with one attached hydrogen (secondary N) is 2. The molecule has 0 bridgehead atoms. The first kappa shape index (κ1) is 19.5. The van der Waals surface area contributed by atoms with Gasteiger partial charge in [-0.15, -0.1) is 11.8 Å². The van der Waals surface area contributed by atoms with Crippen LogP contribution in [0.2, 0.25) is 0 Å². The first-order valence-electron chi connectivity index (χ1n) is 6.92. The summed E-state index contributed by atoms with van der Waals surface area (Å²) in [6.45, 7) is 3.14. The van der Waals surface area contributed by atoms with Crippen LogP contribution < -0.4 is 10.6 Å². The van der Waals surface area contributed by atoms with E-state index in [0.29, 0.717) is 5.75 Å². The number of hydrogen-bond acceptors (Lipinski definition) is 5. The van der Waals surface area contributed by atoms with Crippen LogP contribution in [0.15, 0.2) is 28.7 Å². The lowest BCUT2D eigenvalue weighted by Gasteiger charge is -2.16. The van der Waals surface area contributed by atoms with E-state index < -0.39 is 29.3 Å². The summed E-state index contributed by atoms with van der Waals surface area (Å²) in [5.74, 6) is -0.503. The number of thioether (sulfide) groups is 1. The van der Waals surface area contributed by atoms with Crippen molar-refractivity contribution in [2.24, 2.45) is 0 Å². The highest BCUT2D eigenvalue weighted by atomic mass is 79.9. The van der Waals surface area contributed by atoms with Gasteiger partial charge in [0.1, 0.15) is 0 Å². The summed E-state index contributed by atoms with van der Waals surface area (Å²) >= 11 is 4.78. The van der Waals surface area contributed by atoms with E-state index in [1.807, 2.05) is 24.3 Å². The summed E-state index contributed by atoms with van der Waals surface area (Å²) in [4.78, 5) is 34.6. The van der Waals surface area contributed by atoms with Gasteiger partial charge in [0.15, 0.2) is 6.10 Å². The molecule has 2 atom stereocenters. The van der Waals surface area contributed by atoms with E-state index in [1.54, 1.807) is 6.92 Å². The molecule has 1 aromatic carbocycles. The third-order valence-electron chi connectivity index (χ3n) is 2.87. The van der Waals surface area contributed by atoms with Gasteiger partial charge in [0.05, 0.1) is 5.25 Å². The summed E-state index contributed by atoms with van der Waals surface area (Å²) in [5, 5.41) is 3.89. The van der Waals surface area contributed by atoms with Crippen molar-refractivity contribution in [3.05, 3.63) is 34.3 Å². The fourth-order valence-electron chi connectivity index (χ4n) is 1.47. The fourth-order valence-corrected chi connectivity index (χ4v) is 2.56. The molecule has 0 aliphatic carbocycles. The molecule has 0 radical (unpaired) electrons. The van der Waals surface area contributed by atoms with Gasteiger partial charge >= 0.3 is 12.0 Å². The van der Waals surface area contributed by atoms with Gasteiger partial charge in [0.25, 0.3) is 5.91 Å². The maximum absolute atomic E-state index is 12.0. The van der Waals surface area contributed by atoms with Crippen molar-refractivity contribution in [3.8, 4) is 0 Å². The highest BCUT2D eigenvalue weighted by Gasteiger charge is 2.23. The fraction of sp³-hybridized carbons (Fsp3) is 0.400. The minimum atomic E-state index is -1.03. The molecule has 0 saturated heterocycles. The van der Waals surface area contributed by atoms with Crippen molar-refractivity contribution in [1.29, 1.82) is 0 Å². The number of imide groups is 1. The highest BCUT2D eigenvalue weighted by Crippen LogP contribution is 2.20. The summed E-state index contributed by atoms with van der Waals surface area (Å²) in [7, 11) is 1.39. The van der Waals surface area contributed by atoms with Crippen LogP contribution in [0.3, 0.4) is 0 Å². The minimum Gasteiger partial charge on any atom is -0.452 e. The zero-order valence-electron chi connectivity index (χ0n) is 13.1. The SMILES string of the molecule is CNC(=O)NC(=O)[C@@H](C)OC(=O)[C@H](C)SCc1ccc(Br)cc1. The Labute approximate surface area is 147 Å². The Morgan fingerprint density at radius 2 is 1.83 bits per heavy atom. The van der Waals surface area contributed by atoms with E-state index in [2.05, 4.69) is 26.6 Å². The molecule has 0 unspecified atom stereocenters. The number of hydrogen-bond donors (Lipinski definition) is 2. The standard InChI is InChI=1S/C15H19BrN2O4S/c1-9(13(19)18-15(21)17-3)22-14(20)10(2)23-8-11-4-6-12(16)7-5-11/h4-7,9-10H,8H2,1-3H3,(H2,17,18,19,21)/t9-,10+/m1/s1. The number of halogens is 1. The van der Waals surface area contributed by atoms with Gasteiger partial charge in [-0.2, -0.15) is 0 Å². The second kappa shape index (κ2) is 9.57. The molecule has 3 amide bonds. The van der Waals surface area contributed by atoms with Crippen LogP contribution in [0.5, 0.6) is 0 Å². The van der Waals surface area contributed by atoms with Crippen LogP contribution in [0.25, 0.3) is 0 Å². The first-order chi connectivity index (χ1) is 10.8. The predicted molar refractivity (Wildman–Crippen MR) is 93.1 cm³/mol. The molecule has 0 spiro atoms. The van der Waals surface area contributed by atoms with Gasteiger partial charge < -0.3 is 10.1 Å². The summed E-state index contributed by atoms with van der Waals surface area (Å²) in [5.41, 5.74) is 1.09. The van der Waals surface area contributed by atoms with Crippen molar-refractivity contribution in [2.75, 3.05) is 7.05 Å². The molecule has 0 aromatic heterocycles. The molecule has 23 heavy (non-hydrogen) atoms. The van der Waals surface area contributed by atoms with Crippen molar-refractivity contribution in [3.63, 3.8) is 0 Å². The number of ether oxygens (including phenoxy) is 1. The predicted octanol–water partition coefficient (Wildman–Crippen LogP) is 2.46. The zero-order chi connectivity index (χ0) is 17.4.